The van der Waals surface area contributed by atoms with Crippen molar-refractivity contribution in [3.63, 3.8) is 0 Å². The lowest BCUT2D eigenvalue weighted by Gasteiger charge is -2.14. The summed E-state index contributed by atoms with van der Waals surface area (Å²) in [6.45, 7) is 0.339. The molecule has 0 fully saturated rings. The molecule has 0 saturated heterocycles. The van der Waals surface area contributed by atoms with Gasteiger partial charge in [-0.1, -0.05) is 15.9 Å². The van der Waals surface area contributed by atoms with Gasteiger partial charge in [0.05, 0.1) is 11.5 Å². The van der Waals surface area contributed by atoms with Crippen LogP contribution >= 0.6 is 15.9 Å². The maximum atomic E-state index is 11.4. The summed E-state index contributed by atoms with van der Waals surface area (Å²) in [7, 11) is -5.23. The lowest BCUT2D eigenvalue weighted by Crippen LogP contribution is -2.33. The van der Waals surface area contributed by atoms with Gasteiger partial charge in [0, 0.05) is 25.2 Å². The second kappa shape index (κ2) is 5.43. The van der Waals surface area contributed by atoms with Crippen molar-refractivity contribution in [3.05, 3.63) is 0 Å². The zero-order chi connectivity index (χ0) is 11.4. The van der Waals surface area contributed by atoms with Gasteiger partial charge in [0.1, 0.15) is 9.84 Å². The molecule has 0 atom stereocenters. The lowest BCUT2D eigenvalue weighted by atomic mass is 10.8. The molecule has 0 aromatic heterocycles. The maximum Gasteiger partial charge on any atom is 0.214 e. The van der Waals surface area contributed by atoms with Crippen LogP contribution in [0, 0.1) is 0 Å². The third-order valence-electron chi connectivity index (χ3n) is 1.59. The van der Waals surface area contributed by atoms with Crippen LogP contribution in [-0.2, 0) is 19.9 Å². The Morgan fingerprint density at radius 1 is 1.14 bits per heavy atom. The van der Waals surface area contributed by atoms with Crippen molar-refractivity contribution in [2.75, 3.05) is 36.7 Å². The van der Waals surface area contributed by atoms with Crippen molar-refractivity contribution in [3.8, 4) is 0 Å². The molecule has 0 amide bonds. The third kappa shape index (κ3) is 5.94. The van der Waals surface area contributed by atoms with E-state index in [1.54, 1.807) is 0 Å². The van der Waals surface area contributed by atoms with Crippen molar-refractivity contribution in [2.45, 2.75) is 0 Å². The van der Waals surface area contributed by atoms with Crippen LogP contribution in [0.4, 0.5) is 0 Å². The normalized spacial score (nSPS) is 13.4. The Hall–Kier alpha value is 0.340. The molecule has 0 rings (SSSR count). The molecule has 0 bridgehead atoms. The Kier molecular flexibility index (Phi) is 5.56. The van der Waals surface area contributed by atoms with Crippen LogP contribution in [0.5, 0.6) is 0 Å². The standard InChI is InChI=1S/C6H14BrNO4S2/c1-8(4-3-7)14(11,12)6-5-13(2,9)10/h3-6H2,1-2H3. The van der Waals surface area contributed by atoms with E-state index in [0.29, 0.717) is 11.9 Å². The van der Waals surface area contributed by atoms with E-state index in [2.05, 4.69) is 15.9 Å². The Labute approximate surface area is 93.6 Å². The van der Waals surface area contributed by atoms with Crippen LogP contribution in [-0.4, -0.2) is 57.8 Å². The number of halogens is 1. The second-order valence-electron chi connectivity index (χ2n) is 2.96. The molecule has 14 heavy (non-hydrogen) atoms. The molecule has 86 valence electrons. The highest BCUT2D eigenvalue weighted by molar-refractivity contribution is 9.09. The number of nitrogens with zero attached hydrogens (tertiary/aromatic N) is 1. The van der Waals surface area contributed by atoms with E-state index in [0.717, 1.165) is 10.6 Å². The molecule has 0 N–H and O–H groups in total. The topological polar surface area (TPSA) is 71.5 Å². The maximum absolute atomic E-state index is 11.4. The zero-order valence-electron chi connectivity index (χ0n) is 8.10. The van der Waals surface area contributed by atoms with Gasteiger partial charge < -0.3 is 0 Å². The Balaban J connectivity index is 4.36. The Bertz CT molecular complexity index is 361. The Morgan fingerprint density at radius 2 is 1.64 bits per heavy atom. The largest absolute Gasteiger partial charge is 0.229 e. The molecule has 0 aromatic rings. The van der Waals surface area contributed by atoms with E-state index in [1.165, 1.54) is 7.05 Å². The highest BCUT2D eigenvalue weighted by Gasteiger charge is 2.19. The van der Waals surface area contributed by atoms with E-state index in [4.69, 9.17) is 0 Å². The smallest absolute Gasteiger partial charge is 0.214 e. The van der Waals surface area contributed by atoms with Crippen molar-refractivity contribution < 1.29 is 16.8 Å². The van der Waals surface area contributed by atoms with Crippen molar-refractivity contribution in [2.24, 2.45) is 0 Å². The number of sulfone groups is 1. The summed E-state index contributed by atoms with van der Waals surface area (Å²) in [5.41, 5.74) is 0. The SMILES string of the molecule is CN(CCBr)S(=O)(=O)CCS(C)(=O)=O. The molecule has 0 saturated carbocycles. The minimum atomic E-state index is -3.43. The Morgan fingerprint density at radius 3 is 2.00 bits per heavy atom. The minimum Gasteiger partial charge on any atom is -0.229 e. The third-order valence-corrected chi connectivity index (χ3v) is 5.00. The van der Waals surface area contributed by atoms with E-state index < -0.39 is 19.9 Å². The van der Waals surface area contributed by atoms with Gasteiger partial charge in [0.2, 0.25) is 10.0 Å². The summed E-state index contributed by atoms with van der Waals surface area (Å²) >= 11 is 3.11. The van der Waals surface area contributed by atoms with Crippen molar-refractivity contribution in [1.29, 1.82) is 0 Å². The fraction of sp³-hybridized carbons (Fsp3) is 1.00. The highest BCUT2D eigenvalue weighted by atomic mass is 79.9. The van der Waals surface area contributed by atoms with Gasteiger partial charge in [0.15, 0.2) is 0 Å². The first-order chi connectivity index (χ1) is 6.19. The van der Waals surface area contributed by atoms with Gasteiger partial charge in [-0.3, -0.25) is 0 Å². The van der Waals surface area contributed by atoms with Crippen LogP contribution in [0.25, 0.3) is 0 Å². The van der Waals surface area contributed by atoms with Gasteiger partial charge >= 0.3 is 0 Å². The average molecular weight is 308 g/mol. The lowest BCUT2D eigenvalue weighted by molar-refractivity contribution is 0.490. The van der Waals surface area contributed by atoms with Gasteiger partial charge in [-0.15, -0.1) is 0 Å². The molecule has 0 aliphatic rings. The number of rotatable bonds is 6. The number of sulfonamides is 1. The number of hydrogen-bond acceptors (Lipinski definition) is 4. The van der Waals surface area contributed by atoms with Crippen LogP contribution in [0.1, 0.15) is 0 Å². The summed E-state index contributed by atoms with van der Waals surface area (Å²) in [5, 5.41) is 0.529. The molecule has 5 nitrogen and oxygen atoms in total. The molecule has 0 aliphatic carbocycles. The molecule has 0 heterocycles. The highest BCUT2D eigenvalue weighted by Crippen LogP contribution is 2.00. The van der Waals surface area contributed by atoms with Gasteiger partial charge in [-0.25, -0.2) is 21.1 Å². The summed E-state index contributed by atoms with van der Waals surface area (Å²) in [4.78, 5) is 0. The average Bonchev–Trinajstić information content (AvgIpc) is 2.00. The van der Waals surface area contributed by atoms with Crippen LogP contribution < -0.4 is 0 Å². The summed E-state index contributed by atoms with van der Waals surface area (Å²) in [6.07, 6.45) is 1.02. The first-order valence-corrected chi connectivity index (χ1v) is 8.66. The predicted molar refractivity (Wildman–Crippen MR) is 59.9 cm³/mol. The van der Waals surface area contributed by atoms with Crippen LogP contribution in [0.2, 0.25) is 0 Å². The first-order valence-electron chi connectivity index (χ1n) is 3.87. The fourth-order valence-corrected chi connectivity index (χ4v) is 4.17. The van der Waals surface area contributed by atoms with Crippen molar-refractivity contribution in [1.82, 2.24) is 4.31 Å². The molecule has 0 radical (unpaired) electrons. The molecular formula is C6H14BrNO4S2. The first kappa shape index (κ1) is 14.3. The summed E-state index contributed by atoms with van der Waals surface area (Å²) in [6, 6.07) is 0. The molecule has 0 spiro atoms. The fourth-order valence-electron chi connectivity index (χ4n) is 0.671. The molecule has 0 unspecified atom stereocenters. The van der Waals surface area contributed by atoms with Gasteiger partial charge in [0.25, 0.3) is 0 Å². The minimum absolute atomic E-state index is 0.331. The molecule has 0 aromatic carbocycles. The molecular weight excluding hydrogens is 294 g/mol. The summed E-state index contributed by atoms with van der Waals surface area (Å²) in [5.74, 6) is -0.683. The number of alkyl halides is 1. The van der Waals surface area contributed by atoms with Crippen molar-refractivity contribution >= 4 is 35.8 Å². The van der Waals surface area contributed by atoms with E-state index in [-0.39, 0.29) is 11.5 Å². The monoisotopic (exact) mass is 307 g/mol. The summed E-state index contributed by atoms with van der Waals surface area (Å²) < 4.78 is 45.5. The molecule has 0 aliphatic heterocycles. The van der Waals surface area contributed by atoms with E-state index in [9.17, 15) is 16.8 Å². The van der Waals surface area contributed by atoms with E-state index in [1.807, 2.05) is 0 Å². The quantitative estimate of drug-likeness (QED) is 0.631. The van der Waals surface area contributed by atoms with Gasteiger partial charge in [-0.2, -0.15) is 0 Å². The predicted octanol–water partition coefficient (Wildman–Crippen LogP) is -0.312. The second-order valence-corrected chi connectivity index (χ2v) is 8.20. The number of hydrogen-bond donors (Lipinski definition) is 0. The van der Waals surface area contributed by atoms with Gasteiger partial charge in [-0.05, 0) is 0 Å². The molecule has 8 heteroatoms. The zero-order valence-corrected chi connectivity index (χ0v) is 11.3. The van der Waals surface area contributed by atoms with Crippen LogP contribution in [0.15, 0.2) is 0 Å². The van der Waals surface area contributed by atoms with E-state index >= 15 is 0 Å². The van der Waals surface area contributed by atoms with Crippen LogP contribution in [0.3, 0.4) is 0 Å².